The van der Waals surface area contributed by atoms with Gasteiger partial charge in [-0.2, -0.15) is 11.8 Å². The van der Waals surface area contributed by atoms with Crippen molar-refractivity contribution >= 4 is 49.4 Å². The summed E-state index contributed by atoms with van der Waals surface area (Å²) in [7, 11) is 0. The second-order valence-electron chi connectivity index (χ2n) is 4.33. The van der Waals surface area contributed by atoms with E-state index in [0.717, 1.165) is 44.2 Å². The van der Waals surface area contributed by atoms with Crippen molar-refractivity contribution in [2.45, 2.75) is 18.4 Å². The van der Waals surface area contributed by atoms with E-state index in [1.807, 2.05) is 17.8 Å². The molecule has 1 aliphatic rings. The van der Waals surface area contributed by atoms with Gasteiger partial charge >= 0.3 is 0 Å². The molecule has 0 spiro atoms. The summed E-state index contributed by atoms with van der Waals surface area (Å²) >= 11 is 8.81. The summed E-state index contributed by atoms with van der Waals surface area (Å²) in [5, 5.41) is 3.33. The van der Waals surface area contributed by atoms with Gasteiger partial charge in [0.2, 0.25) is 0 Å². The molecule has 2 aromatic rings. The molecular weight excluding hydrogens is 404 g/mol. The van der Waals surface area contributed by atoms with Crippen molar-refractivity contribution in [3.63, 3.8) is 0 Å². The summed E-state index contributed by atoms with van der Waals surface area (Å²) in [6.45, 7) is 2.92. The van der Waals surface area contributed by atoms with E-state index in [0.29, 0.717) is 5.82 Å². The molecule has 0 radical (unpaired) electrons. The van der Waals surface area contributed by atoms with Crippen molar-refractivity contribution in [1.29, 1.82) is 0 Å². The molecule has 0 saturated heterocycles. The van der Waals surface area contributed by atoms with Crippen molar-refractivity contribution in [3.8, 4) is 11.5 Å². The molecule has 4 nitrogen and oxygen atoms in total. The molecule has 0 fully saturated rings. The maximum absolute atomic E-state index is 4.68. The maximum atomic E-state index is 4.68. The third-order valence-corrected chi connectivity index (χ3v) is 4.95. The smallest absolute Gasteiger partial charge is 0.181 e. The number of nitrogens with one attached hydrogen (secondary N) is 1. The Balaban J connectivity index is 2.12. The number of thioether (sulfide) groups is 1. The molecule has 20 heavy (non-hydrogen) atoms. The molecular formula is C13H12Br2N4S. The normalized spacial score (nSPS) is 13.3. The lowest BCUT2D eigenvalue weighted by Crippen LogP contribution is -2.07. The molecule has 0 saturated carbocycles. The summed E-state index contributed by atoms with van der Waals surface area (Å²) in [6.07, 6.45) is 1.76. The molecule has 104 valence electrons. The molecule has 2 aromatic heterocycles. The average molecular weight is 416 g/mol. The van der Waals surface area contributed by atoms with Crippen LogP contribution in [0.4, 0.5) is 5.82 Å². The van der Waals surface area contributed by atoms with Crippen LogP contribution < -0.4 is 5.32 Å². The van der Waals surface area contributed by atoms with Gasteiger partial charge in [-0.15, -0.1) is 0 Å². The van der Waals surface area contributed by atoms with Crippen LogP contribution in [0.5, 0.6) is 0 Å². The van der Waals surface area contributed by atoms with Crippen molar-refractivity contribution < 1.29 is 0 Å². The van der Waals surface area contributed by atoms with Crippen molar-refractivity contribution in [2.75, 3.05) is 11.9 Å². The fourth-order valence-corrected chi connectivity index (χ4v) is 4.26. The van der Waals surface area contributed by atoms with Crippen LogP contribution in [0.3, 0.4) is 0 Å². The van der Waals surface area contributed by atoms with E-state index in [4.69, 9.17) is 0 Å². The third-order valence-electron chi connectivity index (χ3n) is 2.94. The Morgan fingerprint density at radius 1 is 1.30 bits per heavy atom. The fourth-order valence-electron chi connectivity index (χ4n) is 2.05. The van der Waals surface area contributed by atoms with Crippen molar-refractivity contribution in [3.05, 3.63) is 32.5 Å². The summed E-state index contributed by atoms with van der Waals surface area (Å²) in [5.41, 5.74) is 3.12. The average Bonchev–Trinajstić information content (AvgIpc) is 2.87. The minimum atomic E-state index is 0.668. The number of hydrogen-bond donors (Lipinski definition) is 1. The van der Waals surface area contributed by atoms with Crippen LogP contribution in [0.1, 0.15) is 18.2 Å². The molecule has 0 unspecified atom stereocenters. The molecule has 1 N–H and O–H groups in total. The first-order valence-corrected chi connectivity index (χ1v) is 8.96. The number of fused-ring (bicyclic) bond motifs is 1. The number of rotatable bonds is 3. The largest absolute Gasteiger partial charge is 0.370 e. The highest BCUT2D eigenvalue weighted by Gasteiger charge is 2.21. The Bertz CT molecular complexity index is 663. The molecule has 3 heterocycles. The number of halogens is 2. The summed E-state index contributed by atoms with van der Waals surface area (Å²) < 4.78 is 1.82. The molecule has 3 rings (SSSR count). The van der Waals surface area contributed by atoms with Crippen molar-refractivity contribution in [2.24, 2.45) is 0 Å². The first-order valence-electron chi connectivity index (χ1n) is 6.22. The van der Waals surface area contributed by atoms with E-state index in [1.165, 1.54) is 5.56 Å². The number of aromatic nitrogens is 3. The van der Waals surface area contributed by atoms with Crippen LogP contribution in [0.25, 0.3) is 11.5 Å². The summed E-state index contributed by atoms with van der Waals surface area (Å²) in [4.78, 5) is 13.8. The molecule has 1 aliphatic heterocycles. The van der Waals surface area contributed by atoms with Gasteiger partial charge in [-0.05, 0) is 44.8 Å². The van der Waals surface area contributed by atoms with Gasteiger partial charge in [0.1, 0.15) is 11.5 Å². The lowest BCUT2D eigenvalue weighted by molar-refractivity contribution is 1.03. The Kier molecular flexibility index (Phi) is 4.28. The van der Waals surface area contributed by atoms with E-state index in [2.05, 4.69) is 59.1 Å². The quantitative estimate of drug-likeness (QED) is 0.812. The van der Waals surface area contributed by atoms with E-state index in [9.17, 15) is 0 Å². The molecule has 0 atom stereocenters. The predicted molar refractivity (Wildman–Crippen MR) is 89.8 cm³/mol. The predicted octanol–water partition coefficient (Wildman–Crippen LogP) is 4.24. The number of anilines is 1. The molecule has 0 amide bonds. The minimum Gasteiger partial charge on any atom is -0.370 e. The topological polar surface area (TPSA) is 50.7 Å². The van der Waals surface area contributed by atoms with Gasteiger partial charge in [0.15, 0.2) is 5.82 Å². The van der Waals surface area contributed by atoms with Gasteiger partial charge in [-0.25, -0.2) is 9.97 Å². The SMILES string of the molecule is CCNc1nc(-c2ncc(Br)cc2Br)nc2c1CSC2. The standard InChI is InChI=1S/C13H12Br2N4S/c1-2-16-12-8-5-20-6-10(8)18-13(19-12)11-9(15)3-7(14)4-17-11/h3-4H,2,5-6H2,1H3,(H,16,18,19). The van der Waals surface area contributed by atoms with Gasteiger partial charge in [0.05, 0.1) is 5.69 Å². The van der Waals surface area contributed by atoms with Crippen LogP contribution >= 0.6 is 43.6 Å². The molecule has 0 bridgehead atoms. The van der Waals surface area contributed by atoms with Crippen LogP contribution in [0, 0.1) is 0 Å². The van der Waals surface area contributed by atoms with Crippen LogP contribution in [-0.4, -0.2) is 21.5 Å². The highest BCUT2D eigenvalue weighted by Crippen LogP contribution is 2.35. The zero-order valence-electron chi connectivity index (χ0n) is 10.8. The molecule has 7 heteroatoms. The lowest BCUT2D eigenvalue weighted by Gasteiger charge is -2.11. The van der Waals surface area contributed by atoms with Gasteiger partial charge in [-0.3, -0.25) is 4.98 Å². The van der Waals surface area contributed by atoms with Gasteiger partial charge in [0, 0.05) is 38.8 Å². The Hall–Kier alpha value is -0.660. The molecule has 0 aromatic carbocycles. The minimum absolute atomic E-state index is 0.668. The zero-order chi connectivity index (χ0) is 14.1. The van der Waals surface area contributed by atoms with Crippen LogP contribution in [0.2, 0.25) is 0 Å². The first kappa shape index (κ1) is 14.3. The van der Waals surface area contributed by atoms with Crippen LogP contribution in [-0.2, 0) is 11.5 Å². The first-order chi connectivity index (χ1) is 9.69. The van der Waals surface area contributed by atoms with Crippen molar-refractivity contribution in [1.82, 2.24) is 15.0 Å². The second-order valence-corrected chi connectivity index (χ2v) is 7.08. The summed E-state index contributed by atoms with van der Waals surface area (Å²) in [5.74, 6) is 3.53. The van der Waals surface area contributed by atoms with Gasteiger partial charge in [0.25, 0.3) is 0 Å². The number of hydrogen-bond acceptors (Lipinski definition) is 5. The highest BCUT2D eigenvalue weighted by molar-refractivity contribution is 9.11. The third kappa shape index (κ3) is 2.71. The van der Waals surface area contributed by atoms with Gasteiger partial charge in [-0.1, -0.05) is 0 Å². The Morgan fingerprint density at radius 3 is 2.90 bits per heavy atom. The second kappa shape index (κ2) is 5.99. The lowest BCUT2D eigenvalue weighted by atomic mass is 10.2. The van der Waals surface area contributed by atoms with E-state index < -0.39 is 0 Å². The maximum Gasteiger partial charge on any atom is 0.181 e. The Labute approximate surface area is 138 Å². The molecule has 0 aliphatic carbocycles. The summed E-state index contributed by atoms with van der Waals surface area (Å²) in [6, 6.07) is 1.96. The van der Waals surface area contributed by atoms with Crippen LogP contribution in [0.15, 0.2) is 21.2 Å². The van der Waals surface area contributed by atoms with E-state index in [1.54, 1.807) is 6.20 Å². The Morgan fingerprint density at radius 2 is 2.15 bits per heavy atom. The number of pyridine rings is 1. The van der Waals surface area contributed by atoms with E-state index >= 15 is 0 Å². The van der Waals surface area contributed by atoms with Gasteiger partial charge < -0.3 is 5.32 Å². The zero-order valence-corrected chi connectivity index (χ0v) is 14.8. The highest BCUT2D eigenvalue weighted by atomic mass is 79.9. The van der Waals surface area contributed by atoms with E-state index in [-0.39, 0.29) is 0 Å². The number of nitrogens with zero attached hydrogens (tertiary/aromatic N) is 3. The fraction of sp³-hybridized carbons (Fsp3) is 0.308. The monoisotopic (exact) mass is 414 g/mol.